The van der Waals surface area contributed by atoms with Crippen LogP contribution >= 0.6 is 23.1 Å². The van der Waals surface area contributed by atoms with Gasteiger partial charge in [0.05, 0.1) is 26.3 Å². The van der Waals surface area contributed by atoms with Crippen molar-refractivity contribution in [2.24, 2.45) is 0 Å². The predicted octanol–water partition coefficient (Wildman–Crippen LogP) is 2.65. The number of aromatic nitrogens is 3. The summed E-state index contributed by atoms with van der Waals surface area (Å²) in [7, 11) is 0. The Labute approximate surface area is 138 Å². The standard InChI is InChI=1S/C13H8N6O2S2/c14-7-8-3-4-10(9(6-8)19(20)21)23-13-17-16-12(18(13)15)11-2-1-5-22-11/h1-6H,15H2. The first-order chi connectivity index (χ1) is 11.1. The summed E-state index contributed by atoms with van der Waals surface area (Å²) in [6.07, 6.45) is 0. The van der Waals surface area contributed by atoms with Gasteiger partial charge in [-0.15, -0.1) is 21.5 Å². The maximum atomic E-state index is 11.2. The topological polar surface area (TPSA) is 124 Å². The number of thiophene rings is 1. The second-order valence-electron chi connectivity index (χ2n) is 4.31. The zero-order valence-electron chi connectivity index (χ0n) is 11.4. The van der Waals surface area contributed by atoms with E-state index in [0.717, 1.165) is 16.6 Å². The highest BCUT2D eigenvalue weighted by Gasteiger charge is 2.20. The first-order valence-electron chi connectivity index (χ1n) is 6.21. The molecule has 23 heavy (non-hydrogen) atoms. The second kappa shape index (κ2) is 6.07. The van der Waals surface area contributed by atoms with Crippen molar-refractivity contribution in [3.05, 3.63) is 51.4 Å². The van der Waals surface area contributed by atoms with E-state index in [-0.39, 0.29) is 11.3 Å². The lowest BCUT2D eigenvalue weighted by Crippen LogP contribution is -2.11. The zero-order chi connectivity index (χ0) is 16.4. The van der Waals surface area contributed by atoms with E-state index in [4.69, 9.17) is 11.1 Å². The molecule has 114 valence electrons. The summed E-state index contributed by atoms with van der Waals surface area (Å²) >= 11 is 2.49. The second-order valence-corrected chi connectivity index (χ2v) is 6.26. The van der Waals surface area contributed by atoms with Crippen LogP contribution in [-0.4, -0.2) is 19.8 Å². The molecule has 2 N–H and O–H groups in total. The highest BCUT2D eigenvalue weighted by Crippen LogP contribution is 2.35. The van der Waals surface area contributed by atoms with Crippen LogP contribution < -0.4 is 5.84 Å². The van der Waals surface area contributed by atoms with Gasteiger partial charge < -0.3 is 5.84 Å². The van der Waals surface area contributed by atoms with E-state index < -0.39 is 4.92 Å². The lowest BCUT2D eigenvalue weighted by Gasteiger charge is -2.03. The first kappa shape index (κ1) is 15.0. The molecule has 2 aromatic heterocycles. The van der Waals surface area contributed by atoms with Gasteiger partial charge >= 0.3 is 0 Å². The van der Waals surface area contributed by atoms with Crippen LogP contribution in [0.4, 0.5) is 5.69 Å². The minimum absolute atomic E-state index is 0.172. The fourth-order valence-corrected chi connectivity index (χ4v) is 3.38. The lowest BCUT2D eigenvalue weighted by molar-refractivity contribution is -0.387. The molecule has 0 radical (unpaired) electrons. The number of benzene rings is 1. The largest absolute Gasteiger partial charge is 0.335 e. The highest BCUT2D eigenvalue weighted by molar-refractivity contribution is 7.99. The molecule has 10 heteroatoms. The summed E-state index contributed by atoms with van der Waals surface area (Å²) in [6, 6.07) is 9.83. The number of nitrogen functional groups attached to an aromatic ring is 1. The summed E-state index contributed by atoms with van der Waals surface area (Å²) in [5.41, 5.74) is 0.0456. The van der Waals surface area contributed by atoms with Crippen molar-refractivity contribution >= 4 is 28.8 Å². The van der Waals surface area contributed by atoms with Gasteiger partial charge in [-0.25, -0.2) is 4.68 Å². The Morgan fingerprint density at radius 2 is 2.22 bits per heavy atom. The van der Waals surface area contributed by atoms with E-state index in [1.165, 1.54) is 34.2 Å². The molecule has 1 aromatic carbocycles. The molecule has 0 aliphatic heterocycles. The zero-order valence-corrected chi connectivity index (χ0v) is 13.0. The van der Waals surface area contributed by atoms with Crippen LogP contribution in [0, 0.1) is 21.4 Å². The Balaban J connectivity index is 1.97. The van der Waals surface area contributed by atoms with Crippen molar-refractivity contribution in [3.8, 4) is 16.8 Å². The molecular formula is C13H8N6O2S2. The Hall–Kier alpha value is -2.90. The summed E-state index contributed by atoms with van der Waals surface area (Å²) in [6.45, 7) is 0. The van der Waals surface area contributed by atoms with Crippen LogP contribution in [0.1, 0.15) is 5.56 Å². The average Bonchev–Trinajstić information content (AvgIpc) is 3.18. The third-order valence-electron chi connectivity index (χ3n) is 2.89. The Morgan fingerprint density at radius 3 is 2.87 bits per heavy atom. The number of nitriles is 1. The van der Waals surface area contributed by atoms with E-state index in [9.17, 15) is 10.1 Å². The van der Waals surface area contributed by atoms with E-state index in [1.807, 2.05) is 23.6 Å². The Bertz CT molecular complexity index is 913. The van der Waals surface area contributed by atoms with E-state index in [1.54, 1.807) is 0 Å². The molecule has 2 heterocycles. The van der Waals surface area contributed by atoms with Crippen molar-refractivity contribution < 1.29 is 4.92 Å². The molecule has 0 aliphatic carbocycles. The van der Waals surface area contributed by atoms with E-state index >= 15 is 0 Å². The van der Waals surface area contributed by atoms with Gasteiger partial charge in [0, 0.05) is 6.07 Å². The molecular weight excluding hydrogens is 336 g/mol. The van der Waals surface area contributed by atoms with Crippen LogP contribution in [0.25, 0.3) is 10.7 Å². The number of nitrogens with zero attached hydrogens (tertiary/aromatic N) is 5. The summed E-state index contributed by atoms with van der Waals surface area (Å²) in [5, 5.41) is 30.2. The fourth-order valence-electron chi connectivity index (χ4n) is 1.83. The highest BCUT2D eigenvalue weighted by atomic mass is 32.2. The first-order valence-corrected chi connectivity index (χ1v) is 7.90. The SMILES string of the molecule is N#Cc1ccc(Sc2nnc(-c3cccs3)n2N)c([N+](=O)[O-])c1. The molecule has 0 amide bonds. The van der Waals surface area contributed by atoms with Gasteiger partial charge in [0.15, 0.2) is 5.82 Å². The maximum absolute atomic E-state index is 11.2. The normalized spacial score (nSPS) is 10.4. The van der Waals surface area contributed by atoms with Gasteiger partial charge in [0.2, 0.25) is 5.16 Å². The predicted molar refractivity (Wildman–Crippen MR) is 85.4 cm³/mol. The van der Waals surface area contributed by atoms with Crippen molar-refractivity contribution in [2.45, 2.75) is 10.1 Å². The summed E-state index contributed by atoms with van der Waals surface area (Å²) in [4.78, 5) is 11.8. The van der Waals surface area contributed by atoms with Crippen LogP contribution in [0.5, 0.6) is 0 Å². The molecule has 0 fully saturated rings. The van der Waals surface area contributed by atoms with Gasteiger partial charge in [0.1, 0.15) is 0 Å². The molecule has 3 rings (SSSR count). The van der Waals surface area contributed by atoms with E-state index in [2.05, 4.69) is 10.2 Å². The number of nitro benzene ring substituents is 1. The van der Waals surface area contributed by atoms with Gasteiger partial charge in [0.25, 0.3) is 5.69 Å². The van der Waals surface area contributed by atoms with Crippen LogP contribution in [0.3, 0.4) is 0 Å². The summed E-state index contributed by atoms with van der Waals surface area (Å²) < 4.78 is 1.29. The molecule has 0 unspecified atom stereocenters. The molecule has 0 saturated carbocycles. The molecule has 0 saturated heterocycles. The number of hydrogen-bond acceptors (Lipinski definition) is 8. The van der Waals surface area contributed by atoms with Crippen molar-refractivity contribution in [1.29, 1.82) is 5.26 Å². The summed E-state index contributed by atoms with van der Waals surface area (Å²) in [5.74, 6) is 6.46. The number of nitrogens with two attached hydrogens (primary N) is 1. The Kier molecular flexibility index (Phi) is 3.96. The van der Waals surface area contributed by atoms with Crippen molar-refractivity contribution in [2.75, 3.05) is 5.84 Å². The maximum Gasteiger partial charge on any atom is 0.284 e. The molecule has 0 aliphatic rings. The number of hydrogen-bond donors (Lipinski definition) is 1. The quantitative estimate of drug-likeness (QED) is 0.438. The van der Waals surface area contributed by atoms with Crippen LogP contribution in [0.15, 0.2) is 45.8 Å². The minimum atomic E-state index is -0.541. The Morgan fingerprint density at radius 1 is 1.39 bits per heavy atom. The molecule has 0 bridgehead atoms. The van der Waals surface area contributed by atoms with Gasteiger partial charge in [-0.1, -0.05) is 6.07 Å². The molecule has 8 nitrogen and oxygen atoms in total. The molecule has 0 spiro atoms. The molecule has 0 atom stereocenters. The van der Waals surface area contributed by atoms with Crippen molar-refractivity contribution in [1.82, 2.24) is 14.9 Å². The van der Waals surface area contributed by atoms with Gasteiger partial charge in [-0.3, -0.25) is 10.1 Å². The van der Waals surface area contributed by atoms with Crippen LogP contribution in [-0.2, 0) is 0 Å². The lowest BCUT2D eigenvalue weighted by atomic mass is 10.2. The smallest absolute Gasteiger partial charge is 0.284 e. The molecule has 3 aromatic rings. The average molecular weight is 344 g/mol. The minimum Gasteiger partial charge on any atom is -0.335 e. The van der Waals surface area contributed by atoms with Crippen molar-refractivity contribution in [3.63, 3.8) is 0 Å². The monoisotopic (exact) mass is 344 g/mol. The third kappa shape index (κ3) is 2.87. The van der Waals surface area contributed by atoms with Gasteiger partial charge in [-0.2, -0.15) is 5.26 Å². The van der Waals surface area contributed by atoms with E-state index in [0.29, 0.717) is 15.9 Å². The van der Waals surface area contributed by atoms with Gasteiger partial charge in [-0.05, 0) is 35.3 Å². The third-order valence-corrected chi connectivity index (χ3v) is 4.78. The van der Waals surface area contributed by atoms with Crippen LogP contribution in [0.2, 0.25) is 0 Å². The number of nitro groups is 1. The fraction of sp³-hybridized carbons (Fsp3) is 0. The number of rotatable bonds is 4.